The van der Waals surface area contributed by atoms with Crippen LogP contribution in [-0.4, -0.2) is 19.3 Å². The summed E-state index contributed by atoms with van der Waals surface area (Å²) >= 11 is 1.09. The van der Waals surface area contributed by atoms with Crippen molar-refractivity contribution in [2.75, 3.05) is 0 Å². The van der Waals surface area contributed by atoms with Crippen molar-refractivity contribution in [3.8, 4) is 10.6 Å². The van der Waals surface area contributed by atoms with Gasteiger partial charge in [-0.1, -0.05) is 30.3 Å². The Kier molecular flexibility index (Phi) is 5.31. The van der Waals surface area contributed by atoms with Crippen molar-refractivity contribution in [2.45, 2.75) is 11.8 Å². The van der Waals surface area contributed by atoms with Crippen molar-refractivity contribution < 1.29 is 22.0 Å². The smallest absolute Gasteiger partial charge is 0.273 e. The molecule has 0 fully saturated rings. The highest BCUT2D eigenvalue weighted by Crippen LogP contribution is 2.27. The zero-order chi connectivity index (χ0) is 19.6. The van der Waals surface area contributed by atoms with Crippen LogP contribution < -0.4 is 10.3 Å². The van der Waals surface area contributed by atoms with E-state index in [0.29, 0.717) is 28.9 Å². The van der Waals surface area contributed by atoms with Gasteiger partial charge >= 0.3 is 0 Å². The first-order valence-electron chi connectivity index (χ1n) is 7.57. The SMILES string of the molecule is Cc1nc(-c2ccccc2)sc1C(=O)NNS(=O)(=O)c1cc(F)cc(F)c1. The molecule has 0 aliphatic heterocycles. The van der Waals surface area contributed by atoms with E-state index in [-0.39, 0.29) is 4.88 Å². The van der Waals surface area contributed by atoms with Crippen LogP contribution in [0.3, 0.4) is 0 Å². The lowest BCUT2D eigenvalue weighted by atomic mass is 10.2. The third kappa shape index (κ3) is 4.35. The van der Waals surface area contributed by atoms with Crippen molar-refractivity contribution in [1.82, 2.24) is 15.2 Å². The van der Waals surface area contributed by atoms with Gasteiger partial charge in [-0.3, -0.25) is 10.2 Å². The Balaban J connectivity index is 1.77. The molecular weight excluding hydrogens is 396 g/mol. The second-order valence-corrected chi connectivity index (χ2v) is 8.15. The monoisotopic (exact) mass is 409 g/mol. The molecule has 0 radical (unpaired) electrons. The van der Waals surface area contributed by atoms with Gasteiger partial charge in [0.2, 0.25) is 0 Å². The van der Waals surface area contributed by atoms with Crippen LogP contribution in [0.5, 0.6) is 0 Å². The summed E-state index contributed by atoms with van der Waals surface area (Å²) in [7, 11) is -4.34. The molecule has 0 aliphatic carbocycles. The van der Waals surface area contributed by atoms with Crippen LogP contribution in [0.4, 0.5) is 8.78 Å². The van der Waals surface area contributed by atoms with Gasteiger partial charge < -0.3 is 0 Å². The second kappa shape index (κ2) is 7.51. The fraction of sp³-hybridized carbons (Fsp3) is 0.0588. The molecule has 10 heteroatoms. The number of nitrogens with one attached hydrogen (secondary N) is 2. The van der Waals surface area contributed by atoms with Gasteiger partial charge in [0.25, 0.3) is 15.9 Å². The first-order chi connectivity index (χ1) is 12.8. The number of hydrazine groups is 1. The maximum Gasteiger partial charge on any atom is 0.278 e. The number of halogens is 2. The molecule has 0 unspecified atom stereocenters. The zero-order valence-electron chi connectivity index (χ0n) is 13.9. The summed E-state index contributed by atoms with van der Waals surface area (Å²) in [5.41, 5.74) is 3.27. The van der Waals surface area contributed by atoms with Crippen LogP contribution in [0.25, 0.3) is 10.6 Å². The van der Waals surface area contributed by atoms with Gasteiger partial charge in [-0.05, 0) is 19.1 Å². The standard InChI is InChI=1S/C17H13F2N3O3S2/c1-10-15(26-17(20-10)11-5-3-2-4-6-11)16(23)21-22-27(24,25)14-8-12(18)7-13(19)9-14/h2-9,22H,1H3,(H,21,23). The van der Waals surface area contributed by atoms with Crippen LogP contribution in [0.2, 0.25) is 0 Å². The molecule has 2 N–H and O–H groups in total. The molecule has 0 spiro atoms. The Morgan fingerprint density at radius 2 is 1.70 bits per heavy atom. The number of aromatic nitrogens is 1. The second-order valence-electron chi connectivity index (χ2n) is 5.46. The Hall–Kier alpha value is -2.69. The molecule has 140 valence electrons. The van der Waals surface area contributed by atoms with E-state index in [1.165, 1.54) is 0 Å². The zero-order valence-corrected chi connectivity index (χ0v) is 15.5. The van der Waals surface area contributed by atoms with Crippen LogP contribution >= 0.6 is 11.3 Å². The minimum Gasteiger partial charge on any atom is -0.273 e. The topological polar surface area (TPSA) is 88.2 Å². The number of hydrogen-bond acceptors (Lipinski definition) is 5. The molecule has 0 saturated carbocycles. The lowest BCUT2D eigenvalue weighted by Crippen LogP contribution is -2.41. The van der Waals surface area contributed by atoms with Crippen molar-refractivity contribution in [3.63, 3.8) is 0 Å². The lowest BCUT2D eigenvalue weighted by molar-refractivity contribution is 0.0948. The number of thiazole rings is 1. The van der Waals surface area contributed by atoms with Crippen molar-refractivity contribution in [2.24, 2.45) is 0 Å². The van der Waals surface area contributed by atoms with E-state index in [1.807, 2.05) is 40.6 Å². The highest BCUT2D eigenvalue weighted by molar-refractivity contribution is 7.89. The normalized spacial score (nSPS) is 11.4. The molecule has 1 heterocycles. The van der Waals surface area contributed by atoms with Gasteiger partial charge in [-0.25, -0.2) is 22.2 Å². The average molecular weight is 409 g/mol. The number of benzene rings is 2. The Morgan fingerprint density at radius 3 is 2.33 bits per heavy atom. The molecule has 3 rings (SSSR count). The molecule has 6 nitrogen and oxygen atoms in total. The minimum atomic E-state index is -4.34. The Morgan fingerprint density at radius 1 is 1.07 bits per heavy atom. The van der Waals surface area contributed by atoms with Gasteiger partial charge in [0, 0.05) is 11.6 Å². The highest BCUT2D eigenvalue weighted by Gasteiger charge is 2.20. The van der Waals surface area contributed by atoms with Crippen molar-refractivity contribution in [1.29, 1.82) is 0 Å². The summed E-state index contributed by atoms with van der Waals surface area (Å²) in [5.74, 6) is -2.83. The summed E-state index contributed by atoms with van der Waals surface area (Å²) < 4.78 is 50.7. The largest absolute Gasteiger partial charge is 0.278 e. The van der Waals surface area contributed by atoms with Gasteiger partial charge in [0.15, 0.2) is 0 Å². The Labute approximate surface area is 157 Å². The van der Waals surface area contributed by atoms with Gasteiger partial charge in [-0.2, -0.15) is 0 Å². The summed E-state index contributed by atoms with van der Waals surface area (Å²) in [6.45, 7) is 1.62. The van der Waals surface area contributed by atoms with Crippen LogP contribution in [0, 0.1) is 18.6 Å². The first kappa shape index (κ1) is 19.1. The molecule has 0 bridgehead atoms. The number of carbonyl (C=O) groups is 1. The summed E-state index contributed by atoms with van der Waals surface area (Å²) in [5, 5.41) is 0.605. The summed E-state index contributed by atoms with van der Waals surface area (Å²) in [4.78, 5) is 18.0. The van der Waals surface area contributed by atoms with E-state index >= 15 is 0 Å². The van der Waals surface area contributed by atoms with E-state index in [1.54, 1.807) is 6.92 Å². The Bertz CT molecular complexity index is 1080. The van der Waals surface area contributed by atoms with Crippen LogP contribution in [-0.2, 0) is 10.0 Å². The molecule has 1 aromatic heterocycles. The number of amides is 1. The van der Waals surface area contributed by atoms with E-state index < -0.39 is 32.5 Å². The lowest BCUT2D eigenvalue weighted by Gasteiger charge is -2.08. The maximum atomic E-state index is 13.2. The molecule has 0 saturated heterocycles. The number of rotatable bonds is 5. The summed E-state index contributed by atoms with van der Waals surface area (Å²) in [6, 6.07) is 11.0. The van der Waals surface area contributed by atoms with E-state index in [9.17, 15) is 22.0 Å². The molecule has 1 amide bonds. The number of aryl methyl sites for hydroxylation is 1. The molecule has 3 aromatic rings. The molecular formula is C17H13F2N3O3S2. The fourth-order valence-electron chi connectivity index (χ4n) is 2.22. The van der Waals surface area contributed by atoms with Crippen LogP contribution in [0.15, 0.2) is 53.4 Å². The van der Waals surface area contributed by atoms with Crippen molar-refractivity contribution >= 4 is 27.3 Å². The van der Waals surface area contributed by atoms with Gasteiger partial charge in [0.05, 0.1) is 10.6 Å². The van der Waals surface area contributed by atoms with E-state index in [4.69, 9.17) is 0 Å². The molecule has 0 aliphatic rings. The number of nitrogens with zero attached hydrogens (tertiary/aromatic N) is 1. The van der Waals surface area contributed by atoms with Crippen molar-refractivity contribution in [3.05, 3.63) is 70.7 Å². The number of hydrogen-bond donors (Lipinski definition) is 2. The maximum absolute atomic E-state index is 13.2. The quantitative estimate of drug-likeness (QED) is 0.634. The predicted molar refractivity (Wildman–Crippen MR) is 96.4 cm³/mol. The molecule has 2 aromatic carbocycles. The first-order valence-corrected chi connectivity index (χ1v) is 9.87. The average Bonchev–Trinajstić information content (AvgIpc) is 3.01. The predicted octanol–water partition coefficient (Wildman–Crippen LogP) is 3.02. The third-order valence-electron chi connectivity index (χ3n) is 3.47. The number of sulfonamides is 1. The minimum absolute atomic E-state index is 0.210. The van der Waals surface area contributed by atoms with E-state index in [2.05, 4.69) is 4.98 Å². The molecule has 0 atom stereocenters. The van der Waals surface area contributed by atoms with Gasteiger partial charge in [0.1, 0.15) is 21.5 Å². The highest BCUT2D eigenvalue weighted by atomic mass is 32.2. The third-order valence-corrected chi connectivity index (χ3v) is 5.90. The summed E-state index contributed by atoms with van der Waals surface area (Å²) in [6.07, 6.45) is 0. The van der Waals surface area contributed by atoms with E-state index in [0.717, 1.165) is 16.9 Å². The molecule has 27 heavy (non-hydrogen) atoms. The fourth-order valence-corrected chi connectivity index (χ4v) is 4.07. The van der Waals surface area contributed by atoms with Crippen LogP contribution in [0.1, 0.15) is 15.4 Å². The van der Waals surface area contributed by atoms with Gasteiger partial charge in [-0.15, -0.1) is 16.2 Å². The number of carbonyl (C=O) groups excluding carboxylic acids is 1.